The average Bonchev–Trinajstić information content (AvgIpc) is 2.47. The molecule has 108 valence electrons. The van der Waals surface area contributed by atoms with E-state index in [4.69, 9.17) is 16.7 Å². The fourth-order valence-corrected chi connectivity index (χ4v) is 2.93. The molecule has 6 heteroatoms. The molecular formula is C14H16ClNO3S. The van der Waals surface area contributed by atoms with Crippen LogP contribution in [0.3, 0.4) is 0 Å². The van der Waals surface area contributed by atoms with Gasteiger partial charge in [0.1, 0.15) is 0 Å². The lowest BCUT2D eigenvalue weighted by molar-refractivity contribution is -0.143. The number of halogens is 1. The Morgan fingerprint density at radius 3 is 2.55 bits per heavy atom. The molecule has 1 N–H and O–H groups in total. The standard InChI is InChI=1S/C14H16ClNO3S/c1-20-10-2-3-12(15)11(8-10)13(17)16-6-4-9(5-7-16)14(18)19/h2-3,8-9H,4-7H2,1H3,(H,18,19). The number of likely N-dealkylation sites (tertiary alicyclic amines) is 1. The van der Waals surface area contributed by atoms with E-state index in [9.17, 15) is 9.59 Å². The molecule has 1 aliphatic rings. The summed E-state index contributed by atoms with van der Waals surface area (Å²) in [5, 5.41) is 9.40. The molecule has 0 spiro atoms. The van der Waals surface area contributed by atoms with Crippen molar-refractivity contribution in [2.45, 2.75) is 17.7 Å². The van der Waals surface area contributed by atoms with Crippen LogP contribution >= 0.6 is 23.4 Å². The molecule has 1 saturated heterocycles. The van der Waals surface area contributed by atoms with Crippen LogP contribution in [0.25, 0.3) is 0 Å². The summed E-state index contributed by atoms with van der Waals surface area (Å²) >= 11 is 7.65. The Labute approximate surface area is 127 Å². The van der Waals surface area contributed by atoms with Crippen LogP contribution in [0.5, 0.6) is 0 Å². The Balaban J connectivity index is 2.11. The monoisotopic (exact) mass is 313 g/mol. The van der Waals surface area contributed by atoms with E-state index < -0.39 is 5.97 Å². The minimum absolute atomic E-state index is 0.116. The van der Waals surface area contributed by atoms with Gasteiger partial charge in [-0.2, -0.15) is 0 Å². The molecule has 20 heavy (non-hydrogen) atoms. The number of carboxylic acids is 1. The van der Waals surface area contributed by atoms with Gasteiger partial charge in [-0.15, -0.1) is 11.8 Å². The van der Waals surface area contributed by atoms with Gasteiger partial charge in [0.2, 0.25) is 0 Å². The summed E-state index contributed by atoms with van der Waals surface area (Å²) in [4.78, 5) is 26.0. The van der Waals surface area contributed by atoms with Crippen molar-refractivity contribution in [3.05, 3.63) is 28.8 Å². The third kappa shape index (κ3) is 3.27. The van der Waals surface area contributed by atoms with Crippen molar-refractivity contribution >= 4 is 35.2 Å². The molecule has 0 bridgehead atoms. The molecule has 1 fully saturated rings. The molecule has 1 aliphatic heterocycles. The minimum atomic E-state index is -0.778. The maximum absolute atomic E-state index is 12.5. The molecule has 1 aromatic carbocycles. The van der Waals surface area contributed by atoms with Crippen LogP contribution in [-0.2, 0) is 4.79 Å². The number of benzene rings is 1. The van der Waals surface area contributed by atoms with Crippen LogP contribution in [0.1, 0.15) is 23.2 Å². The van der Waals surface area contributed by atoms with Crippen molar-refractivity contribution in [1.82, 2.24) is 4.90 Å². The number of thioether (sulfide) groups is 1. The smallest absolute Gasteiger partial charge is 0.306 e. The molecule has 1 amide bonds. The normalized spacial score (nSPS) is 16.2. The second kappa shape index (κ2) is 6.50. The van der Waals surface area contributed by atoms with Gasteiger partial charge in [-0.1, -0.05) is 11.6 Å². The SMILES string of the molecule is CSc1ccc(Cl)c(C(=O)N2CCC(C(=O)O)CC2)c1. The maximum atomic E-state index is 12.5. The van der Waals surface area contributed by atoms with Crippen molar-refractivity contribution < 1.29 is 14.7 Å². The fraction of sp³-hybridized carbons (Fsp3) is 0.429. The summed E-state index contributed by atoms with van der Waals surface area (Å²) in [7, 11) is 0. The van der Waals surface area contributed by atoms with Gasteiger partial charge in [0.05, 0.1) is 16.5 Å². The highest BCUT2D eigenvalue weighted by molar-refractivity contribution is 7.98. The van der Waals surface area contributed by atoms with Crippen molar-refractivity contribution in [1.29, 1.82) is 0 Å². The van der Waals surface area contributed by atoms with Gasteiger partial charge in [-0.25, -0.2) is 0 Å². The summed E-state index contributed by atoms with van der Waals surface area (Å²) in [6.45, 7) is 0.936. The highest BCUT2D eigenvalue weighted by Gasteiger charge is 2.28. The van der Waals surface area contributed by atoms with Gasteiger partial charge < -0.3 is 10.0 Å². The zero-order valence-corrected chi connectivity index (χ0v) is 12.7. The first-order valence-electron chi connectivity index (χ1n) is 6.38. The van der Waals surface area contributed by atoms with E-state index in [1.165, 1.54) is 0 Å². The van der Waals surface area contributed by atoms with Crippen molar-refractivity contribution in [3.63, 3.8) is 0 Å². The first-order chi connectivity index (χ1) is 9.52. The minimum Gasteiger partial charge on any atom is -0.481 e. The first-order valence-corrected chi connectivity index (χ1v) is 7.99. The molecular weight excluding hydrogens is 298 g/mol. The molecule has 2 rings (SSSR count). The third-order valence-corrected chi connectivity index (χ3v) is 4.59. The number of piperidine rings is 1. The Hall–Kier alpha value is -1.20. The van der Waals surface area contributed by atoms with Crippen molar-refractivity contribution in [3.8, 4) is 0 Å². The van der Waals surface area contributed by atoms with E-state index in [0.717, 1.165) is 4.90 Å². The van der Waals surface area contributed by atoms with E-state index in [-0.39, 0.29) is 11.8 Å². The highest BCUT2D eigenvalue weighted by atomic mass is 35.5. The molecule has 0 saturated carbocycles. The quantitative estimate of drug-likeness (QED) is 0.872. The lowest BCUT2D eigenvalue weighted by atomic mass is 9.96. The summed E-state index contributed by atoms with van der Waals surface area (Å²) < 4.78 is 0. The Kier molecular flexibility index (Phi) is 4.94. The van der Waals surface area contributed by atoms with Crippen LogP contribution in [0.4, 0.5) is 0 Å². The largest absolute Gasteiger partial charge is 0.481 e. The van der Waals surface area contributed by atoms with Gasteiger partial charge in [0.25, 0.3) is 5.91 Å². The number of rotatable bonds is 3. The fourth-order valence-electron chi connectivity index (χ4n) is 2.30. The van der Waals surface area contributed by atoms with Crippen LogP contribution in [0, 0.1) is 5.92 Å². The van der Waals surface area contributed by atoms with Gasteiger partial charge in [0, 0.05) is 18.0 Å². The summed E-state index contributed by atoms with van der Waals surface area (Å²) in [6, 6.07) is 5.39. The van der Waals surface area contributed by atoms with Crippen molar-refractivity contribution in [2.75, 3.05) is 19.3 Å². The molecule has 0 aromatic heterocycles. The van der Waals surface area contributed by atoms with Gasteiger partial charge in [-0.05, 0) is 37.3 Å². The second-order valence-electron chi connectivity index (χ2n) is 4.75. The van der Waals surface area contributed by atoms with Crippen molar-refractivity contribution in [2.24, 2.45) is 5.92 Å². The molecule has 4 nitrogen and oxygen atoms in total. The van der Waals surface area contributed by atoms with E-state index in [1.807, 2.05) is 12.3 Å². The van der Waals surface area contributed by atoms with Crippen LogP contribution in [-0.4, -0.2) is 41.2 Å². The van der Waals surface area contributed by atoms with Gasteiger partial charge in [-0.3, -0.25) is 9.59 Å². The molecule has 0 unspecified atom stereocenters. The average molecular weight is 314 g/mol. The van der Waals surface area contributed by atoms with E-state index in [1.54, 1.807) is 28.8 Å². The lowest BCUT2D eigenvalue weighted by Gasteiger charge is -2.30. The predicted octanol–water partition coefficient (Wildman–Crippen LogP) is 3.00. The lowest BCUT2D eigenvalue weighted by Crippen LogP contribution is -2.40. The first kappa shape index (κ1) is 15.2. The number of carbonyl (C=O) groups excluding carboxylic acids is 1. The maximum Gasteiger partial charge on any atom is 0.306 e. The Morgan fingerprint density at radius 2 is 2.00 bits per heavy atom. The van der Waals surface area contributed by atoms with E-state index >= 15 is 0 Å². The third-order valence-electron chi connectivity index (χ3n) is 3.54. The second-order valence-corrected chi connectivity index (χ2v) is 6.04. The number of carboxylic acid groups (broad SMARTS) is 1. The van der Waals surface area contributed by atoms with E-state index in [0.29, 0.717) is 36.5 Å². The zero-order valence-electron chi connectivity index (χ0n) is 11.1. The number of hydrogen-bond donors (Lipinski definition) is 1. The summed E-state index contributed by atoms with van der Waals surface area (Å²) in [5.74, 6) is -1.23. The Morgan fingerprint density at radius 1 is 1.35 bits per heavy atom. The topological polar surface area (TPSA) is 57.6 Å². The summed E-state index contributed by atoms with van der Waals surface area (Å²) in [6.07, 6.45) is 2.94. The van der Waals surface area contributed by atoms with E-state index in [2.05, 4.69) is 0 Å². The highest BCUT2D eigenvalue weighted by Crippen LogP contribution is 2.26. The molecule has 1 aromatic rings. The Bertz CT molecular complexity index is 527. The molecule has 0 atom stereocenters. The van der Waals surface area contributed by atoms with Crippen LogP contribution < -0.4 is 0 Å². The predicted molar refractivity (Wildman–Crippen MR) is 79.5 cm³/mol. The number of amides is 1. The zero-order chi connectivity index (χ0) is 14.7. The van der Waals surface area contributed by atoms with Gasteiger partial charge in [0.15, 0.2) is 0 Å². The number of aliphatic carboxylic acids is 1. The van der Waals surface area contributed by atoms with Crippen LogP contribution in [0.2, 0.25) is 5.02 Å². The molecule has 0 aliphatic carbocycles. The number of hydrogen-bond acceptors (Lipinski definition) is 3. The number of nitrogens with zero attached hydrogens (tertiary/aromatic N) is 1. The summed E-state index contributed by atoms with van der Waals surface area (Å²) in [5.41, 5.74) is 0.493. The van der Waals surface area contributed by atoms with Gasteiger partial charge >= 0.3 is 5.97 Å². The molecule has 0 radical (unpaired) electrons. The van der Waals surface area contributed by atoms with Crippen LogP contribution in [0.15, 0.2) is 23.1 Å². The number of carbonyl (C=O) groups is 2. The molecule has 1 heterocycles.